The summed E-state index contributed by atoms with van der Waals surface area (Å²) in [6, 6.07) is 10.4. The lowest BCUT2D eigenvalue weighted by atomic mass is 9.86. The first-order chi connectivity index (χ1) is 10.0. The third-order valence-electron chi connectivity index (χ3n) is 3.39. The van der Waals surface area contributed by atoms with Crippen LogP contribution in [-0.2, 0) is 12.0 Å². The molecule has 108 valence electrons. The number of rotatable bonds is 3. The van der Waals surface area contributed by atoms with E-state index in [0.717, 1.165) is 22.8 Å². The minimum atomic E-state index is 0.105. The van der Waals surface area contributed by atoms with E-state index in [1.165, 1.54) is 10.3 Å². The molecule has 0 saturated carbocycles. The molecule has 4 heteroatoms. The molecule has 0 aliphatic heterocycles. The van der Waals surface area contributed by atoms with Crippen molar-refractivity contribution in [3.8, 4) is 0 Å². The number of para-hydroxylation sites is 1. The zero-order chi connectivity index (χ0) is 14.9. The van der Waals surface area contributed by atoms with Crippen LogP contribution in [0.15, 0.2) is 42.7 Å². The molecule has 0 aliphatic carbocycles. The summed E-state index contributed by atoms with van der Waals surface area (Å²) in [5.41, 5.74) is 3.68. The molecule has 2 heterocycles. The highest BCUT2D eigenvalue weighted by Gasteiger charge is 2.19. The first kappa shape index (κ1) is 14.0. The number of nitrogens with one attached hydrogen (secondary N) is 1. The lowest BCUT2D eigenvalue weighted by Crippen LogP contribution is -2.11. The molecule has 0 amide bonds. The van der Waals surface area contributed by atoms with E-state index in [0.29, 0.717) is 0 Å². The predicted molar refractivity (Wildman–Crippen MR) is 89.9 cm³/mol. The Morgan fingerprint density at radius 2 is 2.00 bits per heavy atom. The average molecular weight is 297 g/mol. The van der Waals surface area contributed by atoms with Crippen LogP contribution in [-0.4, -0.2) is 9.97 Å². The Kier molecular flexibility index (Phi) is 3.64. The summed E-state index contributed by atoms with van der Waals surface area (Å²) < 4.78 is 1.23. The zero-order valence-corrected chi connectivity index (χ0v) is 13.4. The second-order valence-electron chi connectivity index (χ2n) is 6.14. The van der Waals surface area contributed by atoms with Gasteiger partial charge in [-0.25, -0.2) is 4.98 Å². The zero-order valence-electron chi connectivity index (χ0n) is 12.6. The number of benzene rings is 1. The Morgan fingerprint density at radius 3 is 2.71 bits per heavy atom. The number of thiazole rings is 1. The summed E-state index contributed by atoms with van der Waals surface area (Å²) in [5, 5.41) is 4.36. The summed E-state index contributed by atoms with van der Waals surface area (Å²) in [4.78, 5) is 8.91. The fraction of sp³-hybridized carbons (Fsp3) is 0.294. The third kappa shape index (κ3) is 3.05. The lowest BCUT2D eigenvalue weighted by molar-refractivity contribution is 0.595. The molecule has 0 bridgehead atoms. The van der Waals surface area contributed by atoms with Crippen LogP contribution in [0.1, 0.15) is 31.9 Å². The number of hydrogen-bond donors (Lipinski definition) is 1. The monoisotopic (exact) mass is 297 g/mol. The van der Waals surface area contributed by atoms with Crippen LogP contribution in [0.3, 0.4) is 0 Å². The van der Waals surface area contributed by atoms with Crippen molar-refractivity contribution in [2.45, 2.75) is 32.7 Å². The normalized spacial score (nSPS) is 11.8. The third-order valence-corrected chi connectivity index (χ3v) is 4.37. The lowest BCUT2D eigenvalue weighted by Gasteiger charge is -2.19. The second-order valence-corrected chi connectivity index (χ2v) is 7.17. The van der Waals surface area contributed by atoms with Crippen molar-refractivity contribution in [1.29, 1.82) is 0 Å². The average Bonchev–Trinajstić information content (AvgIpc) is 2.87. The molecule has 0 fully saturated rings. The van der Waals surface area contributed by atoms with Crippen LogP contribution in [0.2, 0.25) is 0 Å². The molecular weight excluding hydrogens is 278 g/mol. The summed E-state index contributed by atoms with van der Waals surface area (Å²) in [5.74, 6) is 0. The summed E-state index contributed by atoms with van der Waals surface area (Å²) in [6.45, 7) is 7.43. The van der Waals surface area contributed by atoms with Gasteiger partial charge in [-0.3, -0.25) is 4.98 Å². The van der Waals surface area contributed by atoms with E-state index in [-0.39, 0.29) is 5.41 Å². The van der Waals surface area contributed by atoms with Crippen molar-refractivity contribution in [1.82, 2.24) is 9.97 Å². The van der Waals surface area contributed by atoms with Gasteiger partial charge in [0, 0.05) is 18.9 Å². The van der Waals surface area contributed by atoms with E-state index in [1.807, 2.05) is 12.3 Å². The molecule has 2 aromatic heterocycles. The molecule has 3 nitrogen and oxygen atoms in total. The molecular formula is C17H19N3S. The molecule has 1 aromatic carbocycles. The molecule has 21 heavy (non-hydrogen) atoms. The second kappa shape index (κ2) is 5.45. The molecule has 0 atom stereocenters. The number of pyridine rings is 1. The van der Waals surface area contributed by atoms with Gasteiger partial charge >= 0.3 is 0 Å². The van der Waals surface area contributed by atoms with Gasteiger partial charge in [-0.15, -0.1) is 0 Å². The van der Waals surface area contributed by atoms with E-state index in [4.69, 9.17) is 4.98 Å². The van der Waals surface area contributed by atoms with Crippen LogP contribution in [0.5, 0.6) is 0 Å². The summed E-state index contributed by atoms with van der Waals surface area (Å²) in [7, 11) is 0. The van der Waals surface area contributed by atoms with Crippen LogP contribution in [0, 0.1) is 0 Å². The van der Waals surface area contributed by atoms with Gasteiger partial charge in [0.15, 0.2) is 5.13 Å². The fourth-order valence-corrected chi connectivity index (χ4v) is 3.20. The standard InChI is InChI=1S/C17H19N3S/c1-17(2,3)13-7-4-8-14-15(13)20-16(21-14)19-11-12-6-5-9-18-10-12/h4-10H,11H2,1-3H3,(H,19,20). The van der Waals surface area contributed by atoms with Crippen LogP contribution in [0.25, 0.3) is 10.2 Å². The Balaban J connectivity index is 1.88. The highest BCUT2D eigenvalue weighted by molar-refractivity contribution is 7.22. The van der Waals surface area contributed by atoms with Gasteiger partial charge in [0.25, 0.3) is 0 Å². The number of nitrogens with zero attached hydrogens (tertiary/aromatic N) is 2. The largest absolute Gasteiger partial charge is 0.357 e. The summed E-state index contributed by atoms with van der Waals surface area (Å²) >= 11 is 1.70. The topological polar surface area (TPSA) is 37.8 Å². The summed E-state index contributed by atoms with van der Waals surface area (Å²) in [6.07, 6.45) is 3.66. The van der Waals surface area contributed by atoms with Crippen molar-refractivity contribution in [2.75, 3.05) is 5.32 Å². The predicted octanol–water partition coefficient (Wildman–Crippen LogP) is 4.60. The van der Waals surface area contributed by atoms with Crippen molar-refractivity contribution >= 4 is 26.7 Å². The van der Waals surface area contributed by atoms with Crippen molar-refractivity contribution in [3.05, 3.63) is 53.9 Å². The van der Waals surface area contributed by atoms with Gasteiger partial charge in [0.2, 0.25) is 0 Å². The maximum absolute atomic E-state index is 4.78. The molecule has 0 unspecified atom stereocenters. The molecule has 0 saturated heterocycles. The Morgan fingerprint density at radius 1 is 1.14 bits per heavy atom. The molecule has 3 rings (SSSR count). The number of fused-ring (bicyclic) bond motifs is 1. The molecule has 3 aromatic rings. The van der Waals surface area contributed by atoms with Gasteiger partial charge in [-0.05, 0) is 28.7 Å². The minimum absolute atomic E-state index is 0.105. The maximum Gasteiger partial charge on any atom is 0.184 e. The van der Waals surface area contributed by atoms with E-state index < -0.39 is 0 Å². The van der Waals surface area contributed by atoms with Crippen molar-refractivity contribution < 1.29 is 0 Å². The highest BCUT2D eigenvalue weighted by atomic mass is 32.1. The van der Waals surface area contributed by atoms with Gasteiger partial charge < -0.3 is 5.32 Å². The van der Waals surface area contributed by atoms with Gasteiger partial charge in [0.05, 0.1) is 10.2 Å². The quantitative estimate of drug-likeness (QED) is 0.767. The van der Waals surface area contributed by atoms with E-state index in [9.17, 15) is 0 Å². The molecule has 1 N–H and O–H groups in total. The van der Waals surface area contributed by atoms with Crippen molar-refractivity contribution in [3.63, 3.8) is 0 Å². The molecule has 0 spiro atoms. The van der Waals surface area contributed by atoms with Crippen molar-refractivity contribution in [2.24, 2.45) is 0 Å². The Hall–Kier alpha value is -1.94. The van der Waals surface area contributed by atoms with Crippen LogP contribution in [0.4, 0.5) is 5.13 Å². The van der Waals surface area contributed by atoms with Gasteiger partial charge in [-0.1, -0.05) is 50.3 Å². The fourth-order valence-electron chi connectivity index (χ4n) is 2.31. The first-order valence-electron chi connectivity index (χ1n) is 7.07. The van der Waals surface area contributed by atoms with Gasteiger partial charge in [0.1, 0.15) is 0 Å². The van der Waals surface area contributed by atoms with E-state index in [2.05, 4.69) is 55.3 Å². The Labute approximate surface area is 129 Å². The number of aromatic nitrogens is 2. The number of anilines is 1. The van der Waals surface area contributed by atoms with Gasteiger partial charge in [-0.2, -0.15) is 0 Å². The molecule has 0 radical (unpaired) electrons. The first-order valence-corrected chi connectivity index (χ1v) is 7.88. The van der Waals surface area contributed by atoms with Crippen LogP contribution >= 0.6 is 11.3 Å². The number of hydrogen-bond acceptors (Lipinski definition) is 4. The highest BCUT2D eigenvalue weighted by Crippen LogP contribution is 2.34. The van der Waals surface area contributed by atoms with E-state index in [1.54, 1.807) is 17.5 Å². The van der Waals surface area contributed by atoms with Crippen LogP contribution < -0.4 is 5.32 Å². The molecule has 0 aliphatic rings. The minimum Gasteiger partial charge on any atom is -0.357 e. The smallest absolute Gasteiger partial charge is 0.184 e. The van der Waals surface area contributed by atoms with E-state index >= 15 is 0 Å². The Bertz CT molecular complexity index is 742. The SMILES string of the molecule is CC(C)(C)c1cccc2sc(NCc3cccnc3)nc12. The maximum atomic E-state index is 4.78.